The van der Waals surface area contributed by atoms with Gasteiger partial charge in [0.15, 0.2) is 0 Å². The summed E-state index contributed by atoms with van der Waals surface area (Å²) in [5, 5.41) is 21.9. The lowest BCUT2D eigenvalue weighted by Gasteiger charge is -2.20. The zero-order chi connectivity index (χ0) is 13.9. The molecule has 0 saturated heterocycles. The lowest BCUT2D eigenvalue weighted by Crippen LogP contribution is -2.34. The van der Waals surface area contributed by atoms with E-state index in [4.69, 9.17) is 0 Å². The Morgan fingerprint density at radius 3 is 2.11 bits per heavy atom. The highest BCUT2D eigenvalue weighted by molar-refractivity contribution is 7.90. The van der Waals surface area contributed by atoms with E-state index in [1.54, 1.807) is 6.92 Å². The van der Waals surface area contributed by atoms with Gasteiger partial charge in [-0.1, -0.05) is 0 Å². The van der Waals surface area contributed by atoms with Crippen molar-refractivity contribution >= 4 is 9.84 Å². The standard InChI is InChI=1S/C12H19NO4S/c1-8(7-18(3,16)17)13-9(2)10-4-11(14)6-12(15)5-10/h4-6,8-9,13-15H,7H2,1-3H3. The molecule has 0 amide bonds. The fraction of sp³-hybridized carbons (Fsp3) is 0.500. The van der Waals surface area contributed by atoms with Gasteiger partial charge in [-0.3, -0.25) is 0 Å². The molecular weight excluding hydrogens is 254 g/mol. The molecule has 0 fully saturated rings. The normalized spacial score (nSPS) is 15.3. The third-order valence-electron chi connectivity index (χ3n) is 2.51. The average molecular weight is 273 g/mol. The highest BCUT2D eigenvalue weighted by atomic mass is 32.2. The minimum Gasteiger partial charge on any atom is -0.508 e. The lowest BCUT2D eigenvalue weighted by molar-refractivity contribution is 0.443. The summed E-state index contributed by atoms with van der Waals surface area (Å²) in [6.45, 7) is 3.62. The SMILES string of the molecule is CC(CS(C)(=O)=O)NC(C)c1cc(O)cc(O)c1. The Kier molecular flexibility index (Phi) is 4.59. The molecule has 102 valence electrons. The van der Waals surface area contributed by atoms with Gasteiger partial charge in [-0.15, -0.1) is 0 Å². The minimum absolute atomic E-state index is 0.0191. The summed E-state index contributed by atoms with van der Waals surface area (Å²) in [5.41, 5.74) is 0.702. The van der Waals surface area contributed by atoms with Crippen LogP contribution in [0, 0.1) is 0 Å². The molecule has 0 aliphatic rings. The van der Waals surface area contributed by atoms with Crippen LogP contribution in [-0.2, 0) is 9.84 Å². The predicted octanol–water partition coefficient (Wildman–Crippen LogP) is 1.18. The number of phenolic OH excluding ortho intramolecular Hbond substituents is 2. The number of benzene rings is 1. The van der Waals surface area contributed by atoms with Gasteiger partial charge in [-0.25, -0.2) is 8.42 Å². The Bertz CT molecular complexity index is 493. The summed E-state index contributed by atoms with van der Waals surface area (Å²) in [6, 6.07) is 3.94. The van der Waals surface area contributed by atoms with E-state index in [9.17, 15) is 18.6 Å². The van der Waals surface area contributed by atoms with Crippen molar-refractivity contribution in [3.63, 3.8) is 0 Å². The number of hydrogen-bond acceptors (Lipinski definition) is 5. The van der Waals surface area contributed by atoms with E-state index < -0.39 is 9.84 Å². The maximum absolute atomic E-state index is 11.1. The number of aromatic hydroxyl groups is 2. The largest absolute Gasteiger partial charge is 0.508 e. The number of nitrogens with one attached hydrogen (secondary N) is 1. The van der Waals surface area contributed by atoms with E-state index in [-0.39, 0.29) is 29.3 Å². The summed E-state index contributed by atoms with van der Waals surface area (Å²) >= 11 is 0. The fourth-order valence-electron chi connectivity index (χ4n) is 1.89. The number of phenols is 2. The van der Waals surface area contributed by atoms with Crippen LogP contribution >= 0.6 is 0 Å². The molecule has 0 aliphatic carbocycles. The van der Waals surface area contributed by atoms with E-state index in [0.717, 1.165) is 0 Å². The van der Waals surface area contributed by atoms with E-state index in [0.29, 0.717) is 5.56 Å². The van der Waals surface area contributed by atoms with Crippen molar-refractivity contribution in [3.8, 4) is 11.5 Å². The zero-order valence-electron chi connectivity index (χ0n) is 10.7. The van der Waals surface area contributed by atoms with Crippen molar-refractivity contribution < 1.29 is 18.6 Å². The quantitative estimate of drug-likeness (QED) is 0.750. The molecule has 0 bridgehead atoms. The smallest absolute Gasteiger partial charge is 0.148 e. The topological polar surface area (TPSA) is 86.6 Å². The molecule has 3 N–H and O–H groups in total. The lowest BCUT2D eigenvalue weighted by atomic mass is 10.1. The molecular formula is C12H19NO4S. The van der Waals surface area contributed by atoms with Gasteiger partial charge in [0.2, 0.25) is 0 Å². The third kappa shape index (κ3) is 4.93. The molecule has 1 rings (SSSR count). The van der Waals surface area contributed by atoms with Crippen LogP contribution in [-0.4, -0.2) is 36.7 Å². The third-order valence-corrected chi connectivity index (χ3v) is 3.62. The molecule has 2 unspecified atom stereocenters. The first kappa shape index (κ1) is 14.8. The zero-order valence-corrected chi connectivity index (χ0v) is 11.5. The number of rotatable bonds is 5. The van der Waals surface area contributed by atoms with Gasteiger partial charge in [0, 0.05) is 24.4 Å². The van der Waals surface area contributed by atoms with Crippen molar-refractivity contribution in [2.45, 2.75) is 25.9 Å². The van der Waals surface area contributed by atoms with Crippen molar-refractivity contribution in [2.24, 2.45) is 0 Å². The Morgan fingerprint density at radius 2 is 1.67 bits per heavy atom. The number of hydrogen-bond donors (Lipinski definition) is 3. The molecule has 0 aromatic heterocycles. The van der Waals surface area contributed by atoms with E-state index in [1.807, 2.05) is 6.92 Å². The van der Waals surface area contributed by atoms with Gasteiger partial charge < -0.3 is 15.5 Å². The molecule has 0 heterocycles. The molecule has 0 saturated carbocycles. The van der Waals surface area contributed by atoms with Gasteiger partial charge in [0.1, 0.15) is 21.3 Å². The molecule has 6 heteroatoms. The predicted molar refractivity (Wildman–Crippen MR) is 70.5 cm³/mol. The van der Waals surface area contributed by atoms with Gasteiger partial charge in [0.25, 0.3) is 0 Å². The second kappa shape index (κ2) is 5.58. The van der Waals surface area contributed by atoms with Crippen LogP contribution in [0.5, 0.6) is 11.5 Å². The molecule has 2 atom stereocenters. The van der Waals surface area contributed by atoms with Crippen LogP contribution in [0.3, 0.4) is 0 Å². The maximum Gasteiger partial charge on any atom is 0.148 e. The first-order chi connectivity index (χ1) is 8.17. The Balaban J connectivity index is 2.73. The van der Waals surface area contributed by atoms with Gasteiger partial charge in [-0.05, 0) is 31.5 Å². The molecule has 0 spiro atoms. The maximum atomic E-state index is 11.1. The monoisotopic (exact) mass is 273 g/mol. The average Bonchev–Trinajstić information content (AvgIpc) is 2.12. The van der Waals surface area contributed by atoms with Crippen molar-refractivity contribution in [3.05, 3.63) is 23.8 Å². The van der Waals surface area contributed by atoms with Crippen LogP contribution < -0.4 is 5.32 Å². The Labute approximate surface area is 107 Å². The van der Waals surface area contributed by atoms with E-state index >= 15 is 0 Å². The van der Waals surface area contributed by atoms with Crippen molar-refractivity contribution in [1.82, 2.24) is 5.32 Å². The van der Waals surface area contributed by atoms with Crippen molar-refractivity contribution in [2.75, 3.05) is 12.0 Å². The summed E-state index contributed by atoms with van der Waals surface area (Å²) in [6.07, 6.45) is 1.19. The fourth-order valence-corrected chi connectivity index (χ4v) is 2.90. The Morgan fingerprint density at radius 1 is 1.17 bits per heavy atom. The van der Waals surface area contributed by atoms with Gasteiger partial charge >= 0.3 is 0 Å². The molecule has 1 aromatic rings. The molecule has 0 radical (unpaired) electrons. The molecule has 1 aromatic carbocycles. The van der Waals surface area contributed by atoms with Crippen molar-refractivity contribution in [1.29, 1.82) is 0 Å². The second-order valence-corrected chi connectivity index (χ2v) is 6.85. The molecule has 0 aliphatic heterocycles. The first-order valence-electron chi connectivity index (χ1n) is 5.64. The highest BCUT2D eigenvalue weighted by Crippen LogP contribution is 2.24. The van der Waals surface area contributed by atoms with Crippen LogP contribution in [0.2, 0.25) is 0 Å². The van der Waals surface area contributed by atoms with Crippen LogP contribution in [0.25, 0.3) is 0 Å². The van der Waals surface area contributed by atoms with Gasteiger partial charge in [-0.2, -0.15) is 0 Å². The second-order valence-electron chi connectivity index (χ2n) is 4.66. The summed E-state index contributed by atoms with van der Waals surface area (Å²) in [7, 11) is -3.03. The van der Waals surface area contributed by atoms with Crippen LogP contribution in [0.4, 0.5) is 0 Å². The highest BCUT2D eigenvalue weighted by Gasteiger charge is 2.15. The summed E-state index contributed by atoms with van der Waals surface area (Å²) < 4.78 is 22.3. The number of sulfone groups is 1. The summed E-state index contributed by atoms with van der Waals surface area (Å²) in [5.74, 6) is 0.00567. The van der Waals surface area contributed by atoms with E-state index in [1.165, 1.54) is 24.5 Å². The van der Waals surface area contributed by atoms with Crippen LogP contribution in [0.1, 0.15) is 25.5 Å². The van der Waals surface area contributed by atoms with E-state index in [2.05, 4.69) is 5.32 Å². The van der Waals surface area contributed by atoms with Crippen LogP contribution in [0.15, 0.2) is 18.2 Å². The Hall–Kier alpha value is -1.27. The molecule has 5 nitrogen and oxygen atoms in total. The van der Waals surface area contributed by atoms with Gasteiger partial charge in [0.05, 0.1) is 5.75 Å². The minimum atomic E-state index is -3.03. The first-order valence-corrected chi connectivity index (χ1v) is 7.70. The summed E-state index contributed by atoms with van der Waals surface area (Å²) in [4.78, 5) is 0. The molecule has 18 heavy (non-hydrogen) atoms.